The van der Waals surface area contributed by atoms with Gasteiger partial charge in [0.05, 0.1) is 11.4 Å². The Hall–Kier alpha value is -5.09. The van der Waals surface area contributed by atoms with Crippen LogP contribution in [0.15, 0.2) is 84.0 Å². The van der Waals surface area contributed by atoms with E-state index in [4.69, 9.17) is 10.7 Å². The molecule has 0 fully saturated rings. The summed E-state index contributed by atoms with van der Waals surface area (Å²) >= 11 is 0. The van der Waals surface area contributed by atoms with Gasteiger partial charge in [-0.15, -0.1) is 0 Å². The van der Waals surface area contributed by atoms with Gasteiger partial charge in [0, 0.05) is 35.1 Å². The summed E-state index contributed by atoms with van der Waals surface area (Å²) in [6.07, 6.45) is 4.65. The van der Waals surface area contributed by atoms with Gasteiger partial charge in [0.25, 0.3) is 0 Å². The number of imidazole rings is 1. The second-order valence-electron chi connectivity index (χ2n) is 10.3. The number of aromatic nitrogens is 2. The standard InChI is InChI=1S/C19H18N4.C13H15N3O3/c1-13-12-21-19-18(20-2)22-17(14-8-4-3-5-9-14)15-10-6-7-11-16(15)23(13)19;14-12(19)16-13(7-17)4-3-9-5-11(15-8-18)2-1-10(9)6-13/h3-12,18,20H,1-2H3;1-2,5,7-8H,3-4,6H2,(H,15,18)(H3,14,16,19). The Morgan fingerprint density at radius 3 is 2.52 bits per heavy atom. The van der Waals surface area contributed by atoms with Gasteiger partial charge in [0.1, 0.15) is 11.8 Å². The van der Waals surface area contributed by atoms with Crippen molar-refractivity contribution in [1.82, 2.24) is 20.2 Å². The van der Waals surface area contributed by atoms with E-state index >= 15 is 0 Å². The summed E-state index contributed by atoms with van der Waals surface area (Å²) in [5.74, 6) is 0.920. The number of benzene rings is 3. The molecule has 6 rings (SSSR count). The Morgan fingerprint density at radius 1 is 1.05 bits per heavy atom. The topological polar surface area (TPSA) is 144 Å². The van der Waals surface area contributed by atoms with Crippen LogP contribution in [0.25, 0.3) is 5.69 Å². The Kier molecular flexibility index (Phi) is 8.26. The number of urea groups is 1. The minimum Gasteiger partial charge on any atom is -0.352 e. The molecule has 0 saturated heterocycles. The third-order valence-electron chi connectivity index (χ3n) is 7.56. The van der Waals surface area contributed by atoms with Gasteiger partial charge < -0.3 is 21.2 Å². The molecule has 10 nitrogen and oxygen atoms in total. The van der Waals surface area contributed by atoms with Gasteiger partial charge in [-0.2, -0.15) is 0 Å². The maximum Gasteiger partial charge on any atom is 0.312 e. The maximum absolute atomic E-state index is 11.3. The van der Waals surface area contributed by atoms with Gasteiger partial charge in [-0.05, 0) is 56.1 Å². The SMILES string of the molecule is CNC1N=C(c2ccccc2)c2ccccc2-n2c(C)cnc21.NC(=O)NC1(C=O)CCc2cc(NC=O)ccc2C1. The molecule has 0 radical (unpaired) electrons. The molecule has 214 valence electrons. The van der Waals surface area contributed by atoms with Crippen LogP contribution >= 0.6 is 0 Å². The molecule has 42 heavy (non-hydrogen) atoms. The lowest BCUT2D eigenvalue weighted by molar-refractivity contribution is -0.113. The van der Waals surface area contributed by atoms with E-state index in [9.17, 15) is 14.4 Å². The summed E-state index contributed by atoms with van der Waals surface area (Å²) in [5, 5.41) is 8.39. The molecule has 0 spiro atoms. The zero-order valence-corrected chi connectivity index (χ0v) is 23.5. The summed E-state index contributed by atoms with van der Waals surface area (Å²) in [6.45, 7) is 2.08. The van der Waals surface area contributed by atoms with Gasteiger partial charge in [0.15, 0.2) is 12.0 Å². The van der Waals surface area contributed by atoms with Crippen LogP contribution in [0.1, 0.15) is 46.4 Å². The average molecular weight is 564 g/mol. The van der Waals surface area contributed by atoms with Crippen LogP contribution in [0.3, 0.4) is 0 Å². The van der Waals surface area contributed by atoms with Crippen LogP contribution < -0.4 is 21.7 Å². The van der Waals surface area contributed by atoms with Crippen molar-refractivity contribution in [3.63, 3.8) is 0 Å². The number of carbonyl (C=O) groups excluding carboxylic acids is 3. The molecule has 0 bridgehead atoms. The fourth-order valence-corrected chi connectivity index (χ4v) is 5.56. The lowest BCUT2D eigenvalue weighted by Gasteiger charge is -2.33. The number of nitrogens with zero attached hydrogens (tertiary/aromatic N) is 3. The summed E-state index contributed by atoms with van der Waals surface area (Å²) in [7, 11) is 1.92. The summed E-state index contributed by atoms with van der Waals surface area (Å²) in [6, 6.07) is 23.5. The highest BCUT2D eigenvalue weighted by atomic mass is 16.2. The van der Waals surface area contributed by atoms with Gasteiger partial charge in [-0.25, -0.2) is 9.78 Å². The quantitative estimate of drug-likeness (QED) is 0.265. The molecule has 10 heteroatoms. The van der Waals surface area contributed by atoms with E-state index in [1.54, 1.807) is 6.07 Å². The van der Waals surface area contributed by atoms with Crippen LogP contribution in [-0.2, 0) is 22.4 Å². The Balaban J connectivity index is 0.000000172. The molecule has 3 aromatic carbocycles. The van der Waals surface area contributed by atoms with E-state index in [0.29, 0.717) is 25.7 Å². The van der Waals surface area contributed by atoms with Crippen molar-refractivity contribution in [2.24, 2.45) is 10.7 Å². The van der Waals surface area contributed by atoms with E-state index in [0.717, 1.165) is 57.1 Å². The number of aryl methyl sites for hydroxylation is 2. The highest BCUT2D eigenvalue weighted by Crippen LogP contribution is 2.31. The first-order valence-electron chi connectivity index (χ1n) is 13.7. The normalized spacial score (nSPS) is 18.4. The highest BCUT2D eigenvalue weighted by molar-refractivity contribution is 6.15. The Morgan fingerprint density at radius 2 is 1.81 bits per heavy atom. The molecule has 1 aliphatic heterocycles. The molecule has 3 amide bonds. The number of aldehydes is 1. The minimum atomic E-state index is -0.918. The first-order chi connectivity index (χ1) is 20.4. The van der Waals surface area contributed by atoms with Gasteiger partial charge in [-0.1, -0.05) is 54.6 Å². The third-order valence-corrected chi connectivity index (χ3v) is 7.56. The van der Waals surface area contributed by atoms with Crippen molar-refractivity contribution < 1.29 is 14.4 Å². The molecule has 4 aromatic rings. The predicted octanol–water partition coefficient (Wildman–Crippen LogP) is 3.60. The Labute approximate surface area is 244 Å². The van der Waals surface area contributed by atoms with E-state index in [-0.39, 0.29) is 6.17 Å². The van der Waals surface area contributed by atoms with Crippen molar-refractivity contribution in [3.05, 3.63) is 113 Å². The number of fused-ring (bicyclic) bond motifs is 4. The summed E-state index contributed by atoms with van der Waals surface area (Å²) in [4.78, 5) is 42.2. The summed E-state index contributed by atoms with van der Waals surface area (Å²) in [5.41, 5.74) is 12.4. The first kappa shape index (κ1) is 28.4. The fraction of sp³-hybridized carbons (Fsp3) is 0.219. The zero-order chi connectivity index (χ0) is 29.7. The van der Waals surface area contributed by atoms with E-state index in [1.807, 2.05) is 43.6 Å². The smallest absolute Gasteiger partial charge is 0.312 e. The van der Waals surface area contributed by atoms with Gasteiger partial charge in [-0.3, -0.25) is 19.7 Å². The number of amides is 3. The molecule has 1 aromatic heterocycles. The van der Waals surface area contributed by atoms with E-state index in [2.05, 4.69) is 68.8 Å². The van der Waals surface area contributed by atoms with Gasteiger partial charge >= 0.3 is 6.03 Å². The number of nitrogens with one attached hydrogen (secondary N) is 3. The number of nitrogens with two attached hydrogens (primary N) is 1. The number of carbonyl (C=O) groups is 3. The molecule has 2 heterocycles. The highest BCUT2D eigenvalue weighted by Gasteiger charge is 2.35. The molecule has 2 unspecified atom stereocenters. The molecule has 1 aliphatic carbocycles. The van der Waals surface area contributed by atoms with Crippen LogP contribution in [-0.4, -0.2) is 46.6 Å². The summed E-state index contributed by atoms with van der Waals surface area (Å²) < 4.78 is 2.19. The number of para-hydroxylation sites is 1. The second kappa shape index (κ2) is 12.2. The van der Waals surface area contributed by atoms with Crippen molar-refractivity contribution in [1.29, 1.82) is 0 Å². The van der Waals surface area contributed by atoms with Crippen LogP contribution in [0, 0.1) is 6.92 Å². The van der Waals surface area contributed by atoms with E-state index < -0.39 is 11.6 Å². The largest absolute Gasteiger partial charge is 0.352 e. The third kappa shape index (κ3) is 5.70. The van der Waals surface area contributed by atoms with Crippen LogP contribution in [0.2, 0.25) is 0 Å². The molecule has 5 N–H and O–H groups in total. The average Bonchev–Trinajstić information content (AvgIpc) is 3.32. The van der Waals surface area contributed by atoms with Crippen LogP contribution in [0.4, 0.5) is 10.5 Å². The van der Waals surface area contributed by atoms with Gasteiger partial charge in [0.2, 0.25) is 6.41 Å². The van der Waals surface area contributed by atoms with Crippen molar-refractivity contribution in [3.8, 4) is 5.69 Å². The predicted molar refractivity (Wildman–Crippen MR) is 162 cm³/mol. The minimum absolute atomic E-state index is 0.175. The van der Waals surface area contributed by atoms with Crippen molar-refractivity contribution in [2.45, 2.75) is 37.9 Å². The number of primary amides is 1. The van der Waals surface area contributed by atoms with Crippen molar-refractivity contribution >= 4 is 30.1 Å². The zero-order valence-electron chi connectivity index (χ0n) is 23.5. The first-order valence-corrected chi connectivity index (χ1v) is 13.7. The molecule has 0 saturated carbocycles. The molecule has 2 atom stereocenters. The lowest BCUT2D eigenvalue weighted by Crippen LogP contribution is -2.55. The second-order valence-corrected chi connectivity index (χ2v) is 10.3. The number of rotatable bonds is 6. The number of anilines is 1. The number of aliphatic imine (C=N–C) groups is 1. The molecule has 2 aliphatic rings. The lowest BCUT2D eigenvalue weighted by atomic mass is 9.78. The Bertz CT molecular complexity index is 1650. The monoisotopic (exact) mass is 563 g/mol. The maximum atomic E-state index is 11.3. The fourth-order valence-electron chi connectivity index (χ4n) is 5.56. The van der Waals surface area contributed by atoms with E-state index in [1.165, 1.54) is 0 Å². The molecular weight excluding hydrogens is 530 g/mol. The van der Waals surface area contributed by atoms with Crippen LogP contribution in [0.5, 0.6) is 0 Å². The number of hydrogen-bond donors (Lipinski definition) is 4. The molecular formula is C32H33N7O3. The van der Waals surface area contributed by atoms with Crippen molar-refractivity contribution in [2.75, 3.05) is 12.4 Å². The number of hydrogen-bond acceptors (Lipinski definition) is 6.